The molecule has 0 radical (unpaired) electrons. The fraction of sp³-hybridized carbons (Fsp3) is 0.238. The van der Waals surface area contributed by atoms with E-state index in [4.69, 9.17) is 0 Å². The van der Waals surface area contributed by atoms with Gasteiger partial charge < -0.3 is 9.80 Å². The Morgan fingerprint density at radius 1 is 0.828 bits per heavy atom. The monoisotopic (exact) mass is 423 g/mol. The summed E-state index contributed by atoms with van der Waals surface area (Å²) >= 11 is 3.02. The molecule has 148 valence electrons. The number of nitrogens with zero attached hydrogens (tertiary/aromatic N) is 5. The summed E-state index contributed by atoms with van der Waals surface area (Å²) in [6, 6.07) is 16.0. The first kappa shape index (κ1) is 19.7. The summed E-state index contributed by atoms with van der Waals surface area (Å²) in [5.41, 5.74) is 0. The SMILES string of the molecule is O=C(CSc1nccnc1Sc1ccccc1)N1CCN(c2ccccn2)CC1. The Morgan fingerprint density at radius 2 is 1.55 bits per heavy atom. The fourth-order valence-corrected chi connectivity index (χ4v) is 4.85. The van der Waals surface area contributed by atoms with Crippen molar-refractivity contribution >= 4 is 35.2 Å². The van der Waals surface area contributed by atoms with E-state index in [1.165, 1.54) is 11.8 Å². The first-order valence-electron chi connectivity index (χ1n) is 9.40. The lowest BCUT2D eigenvalue weighted by molar-refractivity contribution is -0.128. The Hall–Kier alpha value is -2.58. The molecule has 6 nitrogen and oxygen atoms in total. The number of aromatic nitrogens is 3. The molecule has 3 heterocycles. The third-order valence-electron chi connectivity index (χ3n) is 4.53. The number of carbonyl (C=O) groups is 1. The maximum Gasteiger partial charge on any atom is 0.233 e. The number of hydrogen-bond acceptors (Lipinski definition) is 7. The van der Waals surface area contributed by atoms with Crippen LogP contribution in [-0.4, -0.2) is 57.7 Å². The highest BCUT2D eigenvalue weighted by atomic mass is 32.2. The van der Waals surface area contributed by atoms with Gasteiger partial charge in [0.25, 0.3) is 0 Å². The lowest BCUT2D eigenvalue weighted by atomic mass is 10.3. The van der Waals surface area contributed by atoms with E-state index in [9.17, 15) is 4.79 Å². The van der Waals surface area contributed by atoms with Crippen molar-refractivity contribution in [3.8, 4) is 0 Å². The summed E-state index contributed by atoms with van der Waals surface area (Å²) in [5, 5.41) is 1.62. The normalized spacial score (nSPS) is 14.1. The first-order valence-corrected chi connectivity index (χ1v) is 11.2. The van der Waals surface area contributed by atoms with Crippen LogP contribution >= 0.6 is 23.5 Å². The van der Waals surface area contributed by atoms with Gasteiger partial charge in [-0.2, -0.15) is 0 Å². The third kappa shape index (κ3) is 5.27. The van der Waals surface area contributed by atoms with Gasteiger partial charge in [-0.05, 0) is 24.3 Å². The molecule has 0 aliphatic carbocycles. The number of rotatable bonds is 6. The molecule has 0 atom stereocenters. The summed E-state index contributed by atoms with van der Waals surface area (Å²) in [7, 11) is 0. The van der Waals surface area contributed by atoms with Gasteiger partial charge in [-0.3, -0.25) is 4.79 Å². The van der Waals surface area contributed by atoms with Gasteiger partial charge in [-0.1, -0.05) is 47.8 Å². The van der Waals surface area contributed by atoms with Crippen LogP contribution in [-0.2, 0) is 4.79 Å². The largest absolute Gasteiger partial charge is 0.353 e. The van der Waals surface area contributed by atoms with Gasteiger partial charge >= 0.3 is 0 Å². The molecule has 1 aliphatic rings. The van der Waals surface area contributed by atoms with Crippen LogP contribution in [0.15, 0.2) is 82.1 Å². The zero-order valence-corrected chi connectivity index (χ0v) is 17.5. The Morgan fingerprint density at radius 3 is 2.28 bits per heavy atom. The number of hydrogen-bond donors (Lipinski definition) is 0. The average Bonchev–Trinajstić information content (AvgIpc) is 2.80. The number of pyridine rings is 1. The molecule has 4 rings (SSSR count). The Balaban J connectivity index is 1.31. The number of amides is 1. The molecule has 0 unspecified atom stereocenters. The summed E-state index contributed by atoms with van der Waals surface area (Å²) in [4.78, 5) is 31.2. The maximum atomic E-state index is 12.7. The molecule has 0 spiro atoms. The van der Waals surface area contributed by atoms with Crippen LogP contribution in [0.1, 0.15) is 0 Å². The standard InChI is InChI=1S/C21H21N5OS2/c27-19(26-14-12-25(13-15-26)18-8-4-5-9-22-18)16-28-20-21(24-11-10-23-20)29-17-6-2-1-3-7-17/h1-11H,12-16H2. The van der Waals surface area contributed by atoms with Crippen LogP contribution in [0.2, 0.25) is 0 Å². The molecule has 0 N–H and O–H groups in total. The van der Waals surface area contributed by atoms with Gasteiger partial charge in [-0.15, -0.1) is 0 Å². The summed E-state index contributed by atoms with van der Waals surface area (Å²) in [6.45, 7) is 3.02. The summed E-state index contributed by atoms with van der Waals surface area (Å²) in [5.74, 6) is 1.47. The van der Waals surface area contributed by atoms with Crippen molar-refractivity contribution in [2.75, 3.05) is 36.8 Å². The average molecular weight is 424 g/mol. The van der Waals surface area contributed by atoms with Crippen LogP contribution in [0.4, 0.5) is 5.82 Å². The van der Waals surface area contributed by atoms with Crippen molar-refractivity contribution in [1.29, 1.82) is 0 Å². The summed E-state index contributed by atoms with van der Waals surface area (Å²) < 4.78 is 0. The minimum atomic E-state index is 0.136. The van der Waals surface area contributed by atoms with Gasteiger partial charge in [-0.25, -0.2) is 15.0 Å². The molecule has 8 heteroatoms. The highest BCUT2D eigenvalue weighted by Crippen LogP contribution is 2.32. The van der Waals surface area contributed by atoms with Crippen LogP contribution in [0, 0.1) is 0 Å². The van der Waals surface area contributed by atoms with E-state index in [1.807, 2.05) is 53.4 Å². The molecule has 1 aromatic carbocycles. The van der Waals surface area contributed by atoms with E-state index < -0.39 is 0 Å². The number of carbonyl (C=O) groups excluding carboxylic acids is 1. The number of piperazine rings is 1. The molecule has 2 aromatic heterocycles. The van der Waals surface area contributed by atoms with E-state index in [-0.39, 0.29) is 5.91 Å². The lowest BCUT2D eigenvalue weighted by Gasteiger charge is -2.35. The van der Waals surface area contributed by atoms with E-state index in [0.29, 0.717) is 18.8 Å². The van der Waals surface area contributed by atoms with Gasteiger partial charge in [0.1, 0.15) is 15.9 Å². The zero-order valence-electron chi connectivity index (χ0n) is 15.8. The molecule has 1 fully saturated rings. The minimum absolute atomic E-state index is 0.136. The molecule has 29 heavy (non-hydrogen) atoms. The molecule has 1 saturated heterocycles. The molecule has 1 amide bonds. The van der Waals surface area contributed by atoms with Gasteiger partial charge in [0.15, 0.2) is 0 Å². The Labute approximate surface area is 178 Å². The van der Waals surface area contributed by atoms with Gasteiger partial charge in [0.2, 0.25) is 5.91 Å². The molecule has 0 saturated carbocycles. The molecular formula is C21H21N5OS2. The van der Waals surface area contributed by atoms with Crippen LogP contribution in [0.25, 0.3) is 0 Å². The minimum Gasteiger partial charge on any atom is -0.353 e. The number of benzene rings is 1. The topological polar surface area (TPSA) is 62.2 Å². The summed E-state index contributed by atoms with van der Waals surface area (Å²) in [6.07, 6.45) is 5.16. The lowest BCUT2D eigenvalue weighted by Crippen LogP contribution is -2.49. The van der Waals surface area contributed by atoms with Crippen LogP contribution < -0.4 is 4.90 Å². The van der Waals surface area contributed by atoms with Gasteiger partial charge in [0.05, 0.1) is 5.75 Å². The van der Waals surface area contributed by atoms with Crippen molar-refractivity contribution in [1.82, 2.24) is 19.9 Å². The van der Waals surface area contributed by atoms with E-state index >= 15 is 0 Å². The molecular weight excluding hydrogens is 402 g/mol. The number of thioether (sulfide) groups is 1. The van der Waals surface area contributed by atoms with Crippen molar-refractivity contribution < 1.29 is 4.79 Å². The zero-order chi connectivity index (χ0) is 19.9. The molecule has 3 aromatic rings. The van der Waals surface area contributed by atoms with Crippen molar-refractivity contribution in [2.24, 2.45) is 0 Å². The second-order valence-corrected chi connectivity index (χ2v) is 8.45. The van der Waals surface area contributed by atoms with E-state index in [2.05, 4.69) is 19.9 Å². The molecule has 1 aliphatic heterocycles. The Kier molecular flexibility index (Phi) is 6.63. The third-order valence-corrected chi connectivity index (χ3v) is 6.62. The van der Waals surface area contributed by atoms with Crippen LogP contribution in [0.5, 0.6) is 0 Å². The van der Waals surface area contributed by atoms with Crippen molar-refractivity contribution in [3.05, 3.63) is 67.1 Å². The fourth-order valence-electron chi connectivity index (χ4n) is 3.03. The van der Waals surface area contributed by atoms with Crippen LogP contribution in [0.3, 0.4) is 0 Å². The van der Waals surface area contributed by atoms with E-state index in [1.54, 1.807) is 30.4 Å². The smallest absolute Gasteiger partial charge is 0.233 e. The predicted molar refractivity (Wildman–Crippen MR) is 116 cm³/mol. The quantitative estimate of drug-likeness (QED) is 0.563. The van der Waals surface area contributed by atoms with Crippen molar-refractivity contribution in [2.45, 2.75) is 14.9 Å². The number of anilines is 1. The second-order valence-electron chi connectivity index (χ2n) is 6.43. The van der Waals surface area contributed by atoms with Gasteiger partial charge in [0, 0.05) is 49.7 Å². The maximum absolute atomic E-state index is 12.7. The first-order chi connectivity index (χ1) is 14.3. The highest BCUT2D eigenvalue weighted by molar-refractivity contribution is 8.02. The predicted octanol–water partition coefficient (Wildman–Crippen LogP) is 3.46. The van der Waals surface area contributed by atoms with E-state index in [0.717, 1.165) is 33.9 Å². The highest BCUT2D eigenvalue weighted by Gasteiger charge is 2.22. The molecule has 0 bridgehead atoms. The van der Waals surface area contributed by atoms with Crippen molar-refractivity contribution in [3.63, 3.8) is 0 Å². The Bertz CT molecular complexity index is 934. The second kappa shape index (κ2) is 9.76.